The van der Waals surface area contributed by atoms with Gasteiger partial charge in [0.15, 0.2) is 0 Å². The van der Waals surface area contributed by atoms with E-state index in [-0.39, 0.29) is 5.97 Å². The Morgan fingerprint density at radius 1 is 1.55 bits per heavy atom. The monoisotopic (exact) mass is 159 g/mol. The number of hydrogen-bond donors (Lipinski definition) is 1. The van der Waals surface area contributed by atoms with Crippen LogP contribution in [0.4, 0.5) is 0 Å². The standard InChI is InChI=1S/C7H13NO3/c1-10-6-5-8-4-3-7(9)11-2/h3-4,8H,5-6H2,1-2H3/b4-3+. The largest absolute Gasteiger partial charge is 0.466 e. The average Bonchev–Trinajstić information content (AvgIpc) is 2.04. The van der Waals surface area contributed by atoms with E-state index in [1.165, 1.54) is 19.4 Å². The fourth-order valence-corrected chi connectivity index (χ4v) is 0.439. The van der Waals surface area contributed by atoms with Gasteiger partial charge in [0, 0.05) is 25.9 Å². The van der Waals surface area contributed by atoms with E-state index in [1.54, 1.807) is 7.11 Å². The number of nitrogens with one attached hydrogen (secondary N) is 1. The molecular weight excluding hydrogens is 146 g/mol. The number of methoxy groups -OCH3 is 2. The van der Waals surface area contributed by atoms with Gasteiger partial charge in [0.25, 0.3) is 0 Å². The van der Waals surface area contributed by atoms with E-state index in [2.05, 4.69) is 10.1 Å². The maximum atomic E-state index is 10.5. The molecule has 0 amide bonds. The Hall–Kier alpha value is -1.03. The predicted octanol–water partition coefficient (Wildman–Crippen LogP) is -0.0909. The summed E-state index contributed by atoms with van der Waals surface area (Å²) in [7, 11) is 2.95. The third-order valence-corrected chi connectivity index (χ3v) is 0.989. The van der Waals surface area contributed by atoms with Crippen LogP contribution in [0.3, 0.4) is 0 Å². The topological polar surface area (TPSA) is 47.6 Å². The molecule has 0 spiro atoms. The highest BCUT2D eigenvalue weighted by molar-refractivity contribution is 5.81. The molecule has 0 atom stereocenters. The maximum absolute atomic E-state index is 10.5. The van der Waals surface area contributed by atoms with Gasteiger partial charge in [-0.15, -0.1) is 0 Å². The Morgan fingerprint density at radius 2 is 2.27 bits per heavy atom. The molecule has 0 bridgehead atoms. The van der Waals surface area contributed by atoms with Gasteiger partial charge in [0.1, 0.15) is 0 Å². The van der Waals surface area contributed by atoms with E-state index in [0.717, 1.165) is 0 Å². The molecule has 0 aromatic heterocycles. The second-order valence-corrected chi connectivity index (χ2v) is 1.80. The van der Waals surface area contributed by atoms with Crippen LogP contribution in [-0.4, -0.2) is 33.3 Å². The molecule has 0 unspecified atom stereocenters. The van der Waals surface area contributed by atoms with Gasteiger partial charge in [0.2, 0.25) is 0 Å². The molecule has 0 aliphatic heterocycles. The molecule has 1 N–H and O–H groups in total. The van der Waals surface area contributed by atoms with Crippen LogP contribution in [0, 0.1) is 0 Å². The second kappa shape index (κ2) is 7.08. The molecule has 0 aromatic rings. The summed E-state index contributed by atoms with van der Waals surface area (Å²) in [5, 5.41) is 2.85. The first-order valence-electron chi connectivity index (χ1n) is 3.28. The quantitative estimate of drug-likeness (QED) is 0.346. The lowest BCUT2D eigenvalue weighted by molar-refractivity contribution is -0.134. The van der Waals surface area contributed by atoms with Crippen LogP contribution >= 0.6 is 0 Å². The van der Waals surface area contributed by atoms with Crippen molar-refractivity contribution in [1.82, 2.24) is 5.32 Å². The molecule has 4 nitrogen and oxygen atoms in total. The lowest BCUT2D eigenvalue weighted by atomic mass is 10.6. The summed E-state index contributed by atoms with van der Waals surface area (Å²) in [6.07, 6.45) is 2.85. The summed E-state index contributed by atoms with van der Waals surface area (Å²) >= 11 is 0. The highest BCUT2D eigenvalue weighted by Crippen LogP contribution is 1.74. The maximum Gasteiger partial charge on any atom is 0.331 e. The second-order valence-electron chi connectivity index (χ2n) is 1.80. The Labute approximate surface area is 66.2 Å². The summed E-state index contributed by atoms with van der Waals surface area (Å²) in [5.41, 5.74) is 0. The molecule has 0 fully saturated rings. The summed E-state index contributed by atoms with van der Waals surface area (Å²) < 4.78 is 9.12. The summed E-state index contributed by atoms with van der Waals surface area (Å²) in [6.45, 7) is 1.30. The number of hydrogen-bond acceptors (Lipinski definition) is 4. The lowest BCUT2D eigenvalue weighted by Crippen LogP contribution is -2.12. The number of ether oxygens (including phenoxy) is 2. The summed E-state index contributed by atoms with van der Waals surface area (Å²) in [6, 6.07) is 0. The van der Waals surface area contributed by atoms with Gasteiger partial charge < -0.3 is 14.8 Å². The lowest BCUT2D eigenvalue weighted by Gasteiger charge is -1.97. The van der Waals surface area contributed by atoms with E-state index < -0.39 is 0 Å². The Kier molecular flexibility index (Phi) is 6.42. The minimum Gasteiger partial charge on any atom is -0.466 e. The molecule has 0 aliphatic carbocycles. The molecule has 4 heteroatoms. The Bertz CT molecular complexity index is 134. The molecule has 0 aromatic carbocycles. The number of esters is 1. The molecule has 0 rings (SSSR count). The number of carbonyl (C=O) groups is 1. The third kappa shape index (κ3) is 6.86. The van der Waals surface area contributed by atoms with Crippen LogP contribution < -0.4 is 5.32 Å². The van der Waals surface area contributed by atoms with Crippen LogP contribution in [-0.2, 0) is 14.3 Å². The molecule has 0 radical (unpaired) electrons. The SMILES string of the molecule is COCCN/C=C/C(=O)OC. The number of rotatable bonds is 5. The smallest absolute Gasteiger partial charge is 0.331 e. The zero-order chi connectivity index (χ0) is 8.53. The van der Waals surface area contributed by atoms with E-state index >= 15 is 0 Å². The molecule has 11 heavy (non-hydrogen) atoms. The van der Waals surface area contributed by atoms with Crippen molar-refractivity contribution < 1.29 is 14.3 Å². The number of carbonyl (C=O) groups excluding carboxylic acids is 1. The van der Waals surface area contributed by atoms with Crippen LogP contribution in [0.5, 0.6) is 0 Å². The normalized spacial score (nSPS) is 10.0. The molecule has 0 heterocycles. The van der Waals surface area contributed by atoms with Gasteiger partial charge in [-0.05, 0) is 0 Å². The van der Waals surface area contributed by atoms with Crippen molar-refractivity contribution in [2.24, 2.45) is 0 Å². The van der Waals surface area contributed by atoms with E-state index in [0.29, 0.717) is 13.2 Å². The minimum atomic E-state index is -0.366. The minimum absolute atomic E-state index is 0.366. The van der Waals surface area contributed by atoms with Gasteiger partial charge >= 0.3 is 5.97 Å². The van der Waals surface area contributed by atoms with Crippen molar-refractivity contribution in [3.8, 4) is 0 Å². The molecular formula is C7H13NO3. The van der Waals surface area contributed by atoms with E-state index in [1.807, 2.05) is 0 Å². The van der Waals surface area contributed by atoms with E-state index in [4.69, 9.17) is 4.74 Å². The van der Waals surface area contributed by atoms with Gasteiger partial charge in [0.05, 0.1) is 13.7 Å². The molecule has 0 saturated carbocycles. The summed E-state index contributed by atoms with van der Waals surface area (Å²) in [5.74, 6) is -0.366. The predicted molar refractivity (Wildman–Crippen MR) is 41.0 cm³/mol. The Morgan fingerprint density at radius 3 is 2.82 bits per heavy atom. The zero-order valence-electron chi connectivity index (χ0n) is 6.79. The average molecular weight is 159 g/mol. The first kappa shape index (κ1) is 9.97. The Balaban J connectivity index is 3.22. The summed E-state index contributed by atoms with van der Waals surface area (Å²) in [4.78, 5) is 10.5. The first-order chi connectivity index (χ1) is 5.31. The first-order valence-corrected chi connectivity index (χ1v) is 3.28. The van der Waals surface area contributed by atoms with Crippen molar-refractivity contribution in [3.05, 3.63) is 12.3 Å². The van der Waals surface area contributed by atoms with E-state index in [9.17, 15) is 4.79 Å². The fourth-order valence-electron chi connectivity index (χ4n) is 0.439. The molecule has 0 saturated heterocycles. The van der Waals surface area contributed by atoms with Crippen molar-refractivity contribution in [3.63, 3.8) is 0 Å². The zero-order valence-corrected chi connectivity index (χ0v) is 6.79. The highest BCUT2D eigenvalue weighted by atomic mass is 16.5. The van der Waals surface area contributed by atoms with Crippen LogP contribution in [0.1, 0.15) is 0 Å². The van der Waals surface area contributed by atoms with Gasteiger partial charge in [-0.3, -0.25) is 0 Å². The third-order valence-electron chi connectivity index (χ3n) is 0.989. The van der Waals surface area contributed by atoms with Crippen LogP contribution in [0.2, 0.25) is 0 Å². The van der Waals surface area contributed by atoms with Gasteiger partial charge in [-0.1, -0.05) is 0 Å². The van der Waals surface area contributed by atoms with Crippen molar-refractivity contribution in [2.45, 2.75) is 0 Å². The van der Waals surface area contributed by atoms with Crippen molar-refractivity contribution >= 4 is 5.97 Å². The van der Waals surface area contributed by atoms with Crippen LogP contribution in [0.15, 0.2) is 12.3 Å². The van der Waals surface area contributed by atoms with Crippen molar-refractivity contribution in [1.29, 1.82) is 0 Å². The van der Waals surface area contributed by atoms with Crippen molar-refractivity contribution in [2.75, 3.05) is 27.4 Å². The highest BCUT2D eigenvalue weighted by Gasteiger charge is 1.87. The molecule has 64 valence electrons. The molecule has 0 aliphatic rings. The van der Waals surface area contributed by atoms with Gasteiger partial charge in [-0.2, -0.15) is 0 Å². The fraction of sp³-hybridized carbons (Fsp3) is 0.571. The van der Waals surface area contributed by atoms with Gasteiger partial charge in [-0.25, -0.2) is 4.79 Å². The van der Waals surface area contributed by atoms with Crippen LogP contribution in [0.25, 0.3) is 0 Å².